The molecule has 42 valence electrons. The summed E-state index contributed by atoms with van der Waals surface area (Å²) in [5.74, 6) is 4.88. The smallest absolute Gasteiger partial charge is 0.168 e. The molecule has 1 aromatic rings. The van der Waals surface area contributed by atoms with Gasteiger partial charge in [-0.25, -0.2) is 5.10 Å². The van der Waals surface area contributed by atoms with E-state index in [9.17, 15) is 0 Å². The average Bonchev–Trinajstić information content (AvgIpc) is 1.90. The fraction of sp³-hybridized carbons (Fsp3) is 0. The predicted octanol–water partition coefficient (Wildman–Crippen LogP) is -1.42. The van der Waals surface area contributed by atoms with Crippen LogP contribution in [0.4, 0.5) is 0 Å². The van der Waals surface area contributed by atoms with Crippen LogP contribution in [0.2, 0.25) is 0 Å². The van der Waals surface area contributed by atoms with Gasteiger partial charge in [-0.2, -0.15) is 5.10 Å². The minimum atomic E-state index is 0.514. The molecule has 0 aromatic carbocycles. The van der Waals surface area contributed by atoms with Gasteiger partial charge < -0.3 is 5.84 Å². The Hall–Kier alpha value is -1.39. The highest BCUT2D eigenvalue weighted by Gasteiger charge is 1.71. The molecule has 1 aromatic heterocycles. The van der Waals surface area contributed by atoms with Gasteiger partial charge in [-0.1, -0.05) is 5.21 Å². The Morgan fingerprint density at radius 3 is 3.00 bits per heavy atom. The zero-order valence-corrected chi connectivity index (χ0v) is 4.07. The Morgan fingerprint density at radius 2 is 2.62 bits per heavy atom. The third-order valence-corrected chi connectivity index (χ3v) is 0.660. The summed E-state index contributed by atoms with van der Waals surface area (Å²) in [5, 5.41) is 12.7. The molecule has 0 bridgehead atoms. The summed E-state index contributed by atoms with van der Waals surface area (Å²) >= 11 is 0. The predicted molar refractivity (Wildman–Crippen MR) is 26.1 cm³/mol. The first-order chi connectivity index (χ1) is 3.93. The summed E-state index contributed by atoms with van der Waals surface area (Å²) in [6.45, 7) is 0. The van der Waals surface area contributed by atoms with E-state index < -0.39 is 0 Å². The number of aromatic amines is 1. The van der Waals surface area contributed by atoms with Crippen molar-refractivity contribution in [3.8, 4) is 0 Å². The Labute approximate surface area is 45.2 Å². The highest BCUT2D eigenvalue weighted by atomic mass is 15.3. The number of rotatable bonds is 0. The second kappa shape index (κ2) is 2.06. The van der Waals surface area contributed by atoms with Crippen molar-refractivity contribution in [1.29, 1.82) is 0 Å². The van der Waals surface area contributed by atoms with Gasteiger partial charge in [0, 0.05) is 6.07 Å². The van der Waals surface area contributed by atoms with Crippen molar-refractivity contribution in [1.82, 2.24) is 15.4 Å². The third-order valence-electron chi connectivity index (χ3n) is 0.660. The van der Waals surface area contributed by atoms with Crippen LogP contribution in [0.3, 0.4) is 0 Å². The fourth-order valence-corrected chi connectivity index (χ4v) is 0.327. The normalized spacial score (nSPS) is 11.8. The second-order valence-corrected chi connectivity index (χ2v) is 1.16. The van der Waals surface area contributed by atoms with Gasteiger partial charge in [-0.05, 0) is 0 Å². The minimum absolute atomic E-state index is 0.514. The SMILES string of the molecule is NN=c1ccnn[nH]1. The molecular formula is C3H5N5. The maximum Gasteiger partial charge on any atom is 0.168 e. The lowest BCUT2D eigenvalue weighted by Gasteiger charge is -1.78. The van der Waals surface area contributed by atoms with Gasteiger partial charge >= 0.3 is 0 Å². The van der Waals surface area contributed by atoms with Crippen LogP contribution in [-0.4, -0.2) is 15.4 Å². The van der Waals surface area contributed by atoms with E-state index >= 15 is 0 Å². The number of nitrogens with one attached hydrogen (secondary N) is 1. The van der Waals surface area contributed by atoms with E-state index in [1.807, 2.05) is 0 Å². The van der Waals surface area contributed by atoms with E-state index in [-0.39, 0.29) is 0 Å². The van der Waals surface area contributed by atoms with E-state index in [0.29, 0.717) is 5.49 Å². The van der Waals surface area contributed by atoms with Gasteiger partial charge in [0.05, 0.1) is 6.20 Å². The molecule has 0 aliphatic carbocycles. The van der Waals surface area contributed by atoms with Crippen LogP contribution < -0.4 is 11.3 Å². The maximum atomic E-state index is 4.88. The van der Waals surface area contributed by atoms with Crippen molar-refractivity contribution in [3.05, 3.63) is 17.8 Å². The van der Waals surface area contributed by atoms with Gasteiger partial charge in [0.1, 0.15) is 0 Å². The largest absolute Gasteiger partial charge is 0.321 e. The topological polar surface area (TPSA) is 79.9 Å². The van der Waals surface area contributed by atoms with Crippen LogP contribution in [-0.2, 0) is 0 Å². The molecule has 0 saturated carbocycles. The summed E-state index contributed by atoms with van der Waals surface area (Å²) in [6, 6.07) is 1.62. The van der Waals surface area contributed by atoms with E-state index in [4.69, 9.17) is 5.84 Å². The Bertz CT molecular complexity index is 195. The molecule has 3 N–H and O–H groups in total. The molecule has 0 spiro atoms. The van der Waals surface area contributed by atoms with Crippen molar-refractivity contribution in [2.45, 2.75) is 0 Å². The van der Waals surface area contributed by atoms with Gasteiger partial charge in [0.2, 0.25) is 0 Å². The van der Waals surface area contributed by atoms with Crippen molar-refractivity contribution in [2.75, 3.05) is 0 Å². The monoisotopic (exact) mass is 111 g/mol. The second-order valence-electron chi connectivity index (χ2n) is 1.16. The molecule has 1 rings (SSSR count). The lowest BCUT2D eigenvalue weighted by molar-refractivity contribution is 0.813. The van der Waals surface area contributed by atoms with Crippen LogP contribution >= 0.6 is 0 Å². The van der Waals surface area contributed by atoms with Crippen molar-refractivity contribution in [2.24, 2.45) is 10.9 Å². The van der Waals surface area contributed by atoms with E-state index in [1.165, 1.54) is 6.20 Å². The number of nitrogens with zero attached hydrogens (tertiary/aromatic N) is 3. The third kappa shape index (κ3) is 0.810. The molecule has 0 radical (unpaired) electrons. The lowest BCUT2D eigenvalue weighted by atomic mass is 10.7. The molecule has 5 heteroatoms. The molecule has 0 aliphatic rings. The lowest BCUT2D eigenvalue weighted by Crippen LogP contribution is -2.11. The number of H-pyrrole nitrogens is 1. The Kier molecular flexibility index (Phi) is 1.23. The number of nitrogens with two attached hydrogens (primary N) is 1. The van der Waals surface area contributed by atoms with Gasteiger partial charge in [-0.15, -0.1) is 5.10 Å². The van der Waals surface area contributed by atoms with Crippen molar-refractivity contribution in [3.63, 3.8) is 0 Å². The van der Waals surface area contributed by atoms with E-state index in [0.717, 1.165) is 0 Å². The highest BCUT2D eigenvalue weighted by molar-refractivity contribution is 4.71. The molecule has 0 saturated heterocycles. The van der Waals surface area contributed by atoms with Crippen LogP contribution in [0.5, 0.6) is 0 Å². The fourth-order valence-electron chi connectivity index (χ4n) is 0.327. The van der Waals surface area contributed by atoms with Crippen LogP contribution in [0, 0.1) is 0 Å². The zero-order valence-electron chi connectivity index (χ0n) is 4.07. The first-order valence-electron chi connectivity index (χ1n) is 2.04. The van der Waals surface area contributed by atoms with E-state index in [2.05, 4.69) is 20.5 Å². The molecular weight excluding hydrogens is 106 g/mol. The van der Waals surface area contributed by atoms with Crippen LogP contribution in [0.1, 0.15) is 0 Å². The van der Waals surface area contributed by atoms with Gasteiger partial charge in [0.15, 0.2) is 5.49 Å². The quantitative estimate of drug-likeness (QED) is 0.318. The summed E-state index contributed by atoms with van der Waals surface area (Å²) < 4.78 is 0. The van der Waals surface area contributed by atoms with Crippen molar-refractivity contribution >= 4 is 0 Å². The molecule has 0 fully saturated rings. The van der Waals surface area contributed by atoms with Gasteiger partial charge in [-0.3, -0.25) is 0 Å². The highest BCUT2D eigenvalue weighted by Crippen LogP contribution is 1.53. The standard InChI is InChI=1S/C3H5N5/c4-6-3-1-2-5-8-7-3/h1-2H,4H2,(H,5,6,7). The van der Waals surface area contributed by atoms with Gasteiger partial charge in [0.25, 0.3) is 0 Å². The van der Waals surface area contributed by atoms with Crippen LogP contribution in [0.15, 0.2) is 17.4 Å². The van der Waals surface area contributed by atoms with Crippen LogP contribution in [0.25, 0.3) is 0 Å². The first-order valence-corrected chi connectivity index (χ1v) is 2.04. The Balaban J connectivity index is 3.20. The molecule has 0 aliphatic heterocycles. The maximum absolute atomic E-state index is 4.88. The van der Waals surface area contributed by atoms with Crippen molar-refractivity contribution < 1.29 is 0 Å². The molecule has 0 unspecified atom stereocenters. The summed E-state index contributed by atoms with van der Waals surface area (Å²) in [6.07, 6.45) is 1.50. The van der Waals surface area contributed by atoms with E-state index in [1.54, 1.807) is 6.07 Å². The summed E-state index contributed by atoms with van der Waals surface area (Å²) in [5.41, 5.74) is 0.514. The zero-order chi connectivity index (χ0) is 5.82. The molecule has 0 atom stereocenters. The molecule has 8 heavy (non-hydrogen) atoms. The summed E-state index contributed by atoms with van der Waals surface area (Å²) in [7, 11) is 0. The summed E-state index contributed by atoms with van der Waals surface area (Å²) in [4.78, 5) is 0. The number of hydrogen-bond acceptors (Lipinski definition) is 4. The molecule has 5 nitrogen and oxygen atoms in total. The average molecular weight is 111 g/mol. The minimum Gasteiger partial charge on any atom is -0.321 e. The number of hydrogen-bond donors (Lipinski definition) is 2. The molecule has 0 amide bonds. The number of aromatic nitrogens is 3. The molecule has 1 heterocycles. The first kappa shape index (κ1) is 4.76. The Morgan fingerprint density at radius 1 is 1.75 bits per heavy atom.